The summed E-state index contributed by atoms with van der Waals surface area (Å²) in [6, 6.07) is 15.0. The Morgan fingerprint density at radius 3 is 2.61 bits per heavy atom. The average Bonchev–Trinajstić information content (AvgIpc) is 3.50. The van der Waals surface area contributed by atoms with E-state index in [0.29, 0.717) is 17.2 Å². The van der Waals surface area contributed by atoms with Gasteiger partial charge in [0.2, 0.25) is 0 Å². The Balaban J connectivity index is 1.36. The van der Waals surface area contributed by atoms with E-state index in [4.69, 9.17) is 4.74 Å². The second kappa shape index (κ2) is 7.73. The number of tetrazole rings is 1. The Morgan fingerprint density at radius 1 is 1.13 bits per heavy atom. The summed E-state index contributed by atoms with van der Waals surface area (Å²) in [6.45, 7) is 2.38. The van der Waals surface area contributed by atoms with Crippen LogP contribution >= 0.6 is 11.3 Å². The summed E-state index contributed by atoms with van der Waals surface area (Å²) in [5.41, 5.74) is 2.49. The van der Waals surface area contributed by atoms with E-state index in [2.05, 4.69) is 20.6 Å². The van der Waals surface area contributed by atoms with Crippen molar-refractivity contribution in [1.82, 2.24) is 30.0 Å². The minimum absolute atomic E-state index is 0.280. The highest BCUT2D eigenvalue weighted by atomic mass is 32.1. The number of ether oxygens (including phenoxy) is 1. The van der Waals surface area contributed by atoms with Crippen LogP contribution in [0.25, 0.3) is 15.9 Å². The van der Waals surface area contributed by atoms with Gasteiger partial charge >= 0.3 is 5.97 Å². The first-order valence-electron chi connectivity index (χ1n) is 9.34. The third-order valence-corrected chi connectivity index (χ3v) is 5.84. The van der Waals surface area contributed by atoms with Gasteiger partial charge < -0.3 is 4.74 Å². The molecule has 154 valence electrons. The summed E-state index contributed by atoms with van der Waals surface area (Å²) in [5, 5.41) is 16.4. The number of benzene rings is 2. The fourth-order valence-electron chi connectivity index (χ4n) is 3.19. The molecule has 3 aromatic heterocycles. The zero-order valence-electron chi connectivity index (χ0n) is 16.3. The van der Waals surface area contributed by atoms with Crippen LogP contribution in [0.15, 0.2) is 60.9 Å². The molecule has 2 aromatic carbocycles. The van der Waals surface area contributed by atoms with E-state index in [-0.39, 0.29) is 5.82 Å². The van der Waals surface area contributed by atoms with Gasteiger partial charge in [-0.2, -0.15) is 5.10 Å². The molecule has 8 nitrogen and oxygen atoms in total. The van der Waals surface area contributed by atoms with Gasteiger partial charge in [-0.1, -0.05) is 12.1 Å². The molecule has 0 saturated carbocycles. The Morgan fingerprint density at radius 2 is 1.90 bits per heavy atom. The number of fused-ring (bicyclic) bond motifs is 1. The molecule has 3 heterocycles. The largest absolute Gasteiger partial charge is 0.422 e. The predicted octanol–water partition coefficient (Wildman–Crippen LogP) is 3.79. The van der Waals surface area contributed by atoms with Crippen LogP contribution in [-0.2, 0) is 6.54 Å². The molecule has 5 aromatic rings. The molecule has 0 N–H and O–H groups in total. The number of thiophene rings is 1. The summed E-state index contributed by atoms with van der Waals surface area (Å²) in [6.07, 6.45) is 1.48. The SMILES string of the molecule is Cc1nn(Cc2ccc(F)cc2)c2sc(C(=O)Oc3ccc(-n4cnnn4)cc3)cc12. The Kier molecular flexibility index (Phi) is 4.75. The highest BCUT2D eigenvalue weighted by Crippen LogP contribution is 2.30. The number of nitrogens with zero attached hydrogens (tertiary/aromatic N) is 6. The molecule has 0 aliphatic rings. The van der Waals surface area contributed by atoms with Crippen molar-refractivity contribution in [2.45, 2.75) is 13.5 Å². The lowest BCUT2D eigenvalue weighted by molar-refractivity contribution is 0.0740. The third kappa shape index (κ3) is 3.80. The quantitative estimate of drug-likeness (QED) is 0.309. The van der Waals surface area contributed by atoms with E-state index >= 15 is 0 Å². The fourth-order valence-corrected chi connectivity index (χ4v) is 4.22. The minimum atomic E-state index is -0.441. The molecular weight excluding hydrogens is 419 g/mol. The number of halogens is 1. The minimum Gasteiger partial charge on any atom is -0.422 e. The van der Waals surface area contributed by atoms with E-state index < -0.39 is 5.97 Å². The molecule has 0 fully saturated rings. The van der Waals surface area contributed by atoms with Gasteiger partial charge in [-0.15, -0.1) is 16.4 Å². The van der Waals surface area contributed by atoms with E-state index in [0.717, 1.165) is 27.2 Å². The predicted molar refractivity (Wildman–Crippen MR) is 112 cm³/mol. The zero-order chi connectivity index (χ0) is 21.4. The van der Waals surface area contributed by atoms with Crippen LogP contribution < -0.4 is 4.74 Å². The van der Waals surface area contributed by atoms with Crippen LogP contribution in [0.5, 0.6) is 5.75 Å². The number of rotatable bonds is 5. The van der Waals surface area contributed by atoms with Gasteiger partial charge in [0.05, 0.1) is 17.9 Å². The molecule has 0 atom stereocenters. The van der Waals surface area contributed by atoms with Gasteiger partial charge in [0, 0.05) is 5.39 Å². The van der Waals surface area contributed by atoms with Crippen LogP contribution in [0.4, 0.5) is 4.39 Å². The lowest BCUT2D eigenvalue weighted by atomic mass is 10.2. The normalized spacial score (nSPS) is 11.2. The second-order valence-corrected chi connectivity index (χ2v) is 7.87. The summed E-state index contributed by atoms with van der Waals surface area (Å²) in [5.74, 6) is -0.300. The van der Waals surface area contributed by atoms with E-state index in [1.54, 1.807) is 42.5 Å². The van der Waals surface area contributed by atoms with E-state index in [1.807, 2.05) is 11.6 Å². The number of hydrogen-bond acceptors (Lipinski definition) is 7. The third-order valence-electron chi connectivity index (χ3n) is 4.72. The van der Waals surface area contributed by atoms with Crippen LogP contribution in [-0.4, -0.2) is 36.0 Å². The first-order chi connectivity index (χ1) is 15.1. The Hall–Kier alpha value is -3.92. The highest BCUT2D eigenvalue weighted by molar-refractivity contribution is 7.20. The number of aryl methyl sites for hydroxylation is 1. The first-order valence-corrected chi connectivity index (χ1v) is 10.2. The number of carbonyl (C=O) groups excluding carboxylic acids is 1. The number of aromatic nitrogens is 6. The molecule has 0 aliphatic carbocycles. The van der Waals surface area contributed by atoms with Crippen molar-refractivity contribution in [2.24, 2.45) is 0 Å². The van der Waals surface area contributed by atoms with Crippen LogP contribution in [0.1, 0.15) is 20.9 Å². The first kappa shape index (κ1) is 19.1. The van der Waals surface area contributed by atoms with Gasteiger partial charge in [0.1, 0.15) is 27.6 Å². The maximum absolute atomic E-state index is 13.2. The highest BCUT2D eigenvalue weighted by Gasteiger charge is 2.18. The van der Waals surface area contributed by atoms with Gasteiger partial charge in [-0.05, 0) is 65.4 Å². The number of hydrogen-bond donors (Lipinski definition) is 0. The molecule has 0 aliphatic heterocycles. The monoisotopic (exact) mass is 434 g/mol. The van der Waals surface area contributed by atoms with Crippen LogP contribution in [0.2, 0.25) is 0 Å². The summed E-state index contributed by atoms with van der Waals surface area (Å²) >= 11 is 1.32. The smallest absolute Gasteiger partial charge is 0.353 e. The molecule has 31 heavy (non-hydrogen) atoms. The van der Waals surface area contributed by atoms with Crippen molar-refractivity contribution in [1.29, 1.82) is 0 Å². The molecule has 0 radical (unpaired) electrons. The molecule has 0 bridgehead atoms. The van der Waals surface area contributed by atoms with E-state index in [1.165, 1.54) is 34.5 Å². The topological polar surface area (TPSA) is 87.7 Å². The Bertz CT molecular complexity index is 1360. The maximum atomic E-state index is 13.2. The van der Waals surface area contributed by atoms with Crippen molar-refractivity contribution in [3.63, 3.8) is 0 Å². The molecule has 0 amide bonds. The van der Waals surface area contributed by atoms with Gasteiger partial charge in [-0.25, -0.2) is 13.9 Å². The molecular formula is C21H15FN6O2S. The average molecular weight is 434 g/mol. The summed E-state index contributed by atoms with van der Waals surface area (Å²) in [4.78, 5) is 14.0. The van der Waals surface area contributed by atoms with Gasteiger partial charge in [-0.3, -0.25) is 4.68 Å². The van der Waals surface area contributed by atoms with Gasteiger partial charge in [0.25, 0.3) is 0 Å². The lowest BCUT2D eigenvalue weighted by Gasteiger charge is -2.04. The van der Waals surface area contributed by atoms with Crippen molar-refractivity contribution in [3.8, 4) is 11.4 Å². The van der Waals surface area contributed by atoms with Crippen molar-refractivity contribution < 1.29 is 13.9 Å². The molecule has 5 rings (SSSR count). The molecule has 0 unspecified atom stereocenters. The standard InChI is InChI=1S/C21H15FN6O2S/c1-13-18-10-19(31-20(18)27(24-13)11-14-2-4-15(22)5-3-14)21(29)30-17-8-6-16(7-9-17)28-12-23-25-26-28/h2-10,12H,11H2,1H3. The molecule has 10 heteroatoms. The zero-order valence-corrected chi connectivity index (χ0v) is 17.1. The second-order valence-electron chi connectivity index (χ2n) is 6.84. The molecule has 0 saturated heterocycles. The lowest BCUT2D eigenvalue weighted by Crippen LogP contribution is -2.06. The van der Waals surface area contributed by atoms with Crippen molar-refractivity contribution in [2.75, 3.05) is 0 Å². The number of carbonyl (C=O) groups is 1. The Labute approximate surface area is 179 Å². The summed E-state index contributed by atoms with van der Waals surface area (Å²) < 4.78 is 22.0. The van der Waals surface area contributed by atoms with Crippen molar-refractivity contribution >= 4 is 27.5 Å². The maximum Gasteiger partial charge on any atom is 0.353 e. The summed E-state index contributed by atoms with van der Waals surface area (Å²) in [7, 11) is 0. The van der Waals surface area contributed by atoms with Crippen molar-refractivity contribution in [3.05, 3.63) is 82.9 Å². The van der Waals surface area contributed by atoms with Crippen LogP contribution in [0, 0.1) is 12.7 Å². The molecule has 0 spiro atoms. The van der Waals surface area contributed by atoms with Gasteiger partial charge in [0.15, 0.2) is 0 Å². The van der Waals surface area contributed by atoms with Crippen LogP contribution in [0.3, 0.4) is 0 Å². The van der Waals surface area contributed by atoms with E-state index in [9.17, 15) is 9.18 Å². The fraction of sp³-hybridized carbons (Fsp3) is 0.0952. The number of esters is 1.